The van der Waals surface area contributed by atoms with Gasteiger partial charge in [0.2, 0.25) is 0 Å². The number of carboxylic acids is 1. The van der Waals surface area contributed by atoms with E-state index in [2.05, 4.69) is 5.32 Å². The van der Waals surface area contributed by atoms with E-state index >= 15 is 0 Å². The monoisotopic (exact) mass is 239 g/mol. The van der Waals surface area contributed by atoms with Gasteiger partial charge in [-0.1, -0.05) is 26.0 Å². The zero-order chi connectivity index (χ0) is 12.8. The van der Waals surface area contributed by atoms with Crippen LogP contribution in [0.15, 0.2) is 24.3 Å². The van der Waals surface area contributed by atoms with Crippen LogP contribution in [0.3, 0.4) is 0 Å². The van der Waals surface area contributed by atoms with Gasteiger partial charge in [-0.2, -0.15) is 0 Å². The molecule has 0 fully saturated rings. The topological polar surface area (TPSA) is 49.3 Å². The third-order valence-electron chi connectivity index (χ3n) is 2.47. The van der Waals surface area contributed by atoms with Crippen molar-refractivity contribution in [3.63, 3.8) is 0 Å². The van der Waals surface area contributed by atoms with Crippen molar-refractivity contribution in [1.82, 2.24) is 5.32 Å². The Bertz CT molecular complexity index is 362. The Hall–Kier alpha value is -1.42. The lowest BCUT2D eigenvalue weighted by Gasteiger charge is -2.16. The number of carbonyl (C=O) groups is 1. The van der Waals surface area contributed by atoms with Crippen molar-refractivity contribution in [1.29, 1.82) is 0 Å². The van der Waals surface area contributed by atoms with Crippen LogP contribution in [-0.2, 0) is 11.3 Å². The molecule has 0 aliphatic rings. The fraction of sp³-hybridized carbons (Fsp3) is 0.462. The van der Waals surface area contributed by atoms with Crippen molar-refractivity contribution >= 4 is 5.97 Å². The number of rotatable bonds is 6. The molecule has 4 heteroatoms. The van der Waals surface area contributed by atoms with Crippen LogP contribution >= 0.6 is 0 Å². The number of aliphatic carboxylic acids is 1. The Labute approximate surface area is 101 Å². The van der Waals surface area contributed by atoms with Crippen molar-refractivity contribution < 1.29 is 14.3 Å². The molecule has 1 aromatic carbocycles. The molecule has 0 heterocycles. The Kier molecular flexibility index (Phi) is 5.10. The summed E-state index contributed by atoms with van der Waals surface area (Å²) >= 11 is 0. The minimum absolute atomic E-state index is 0.286. The van der Waals surface area contributed by atoms with Gasteiger partial charge in [0.1, 0.15) is 11.9 Å². The van der Waals surface area contributed by atoms with Crippen LogP contribution in [0.4, 0.5) is 4.39 Å². The normalized spacial score (nSPS) is 12.7. The maximum absolute atomic E-state index is 12.7. The van der Waals surface area contributed by atoms with E-state index in [1.54, 1.807) is 12.1 Å². The third kappa shape index (κ3) is 4.95. The molecule has 94 valence electrons. The molecule has 0 radical (unpaired) electrons. The average Bonchev–Trinajstić information content (AvgIpc) is 2.25. The van der Waals surface area contributed by atoms with E-state index in [4.69, 9.17) is 5.11 Å². The molecule has 2 N–H and O–H groups in total. The first kappa shape index (κ1) is 13.6. The van der Waals surface area contributed by atoms with Crippen LogP contribution in [0.5, 0.6) is 0 Å². The largest absolute Gasteiger partial charge is 0.480 e. The summed E-state index contributed by atoms with van der Waals surface area (Å²) < 4.78 is 12.7. The van der Waals surface area contributed by atoms with Crippen LogP contribution in [0.25, 0.3) is 0 Å². The summed E-state index contributed by atoms with van der Waals surface area (Å²) in [6.07, 6.45) is 0.580. The quantitative estimate of drug-likeness (QED) is 0.801. The highest BCUT2D eigenvalue weighted by atomic mass is 19.1. The Balaban J connectivity index is 2.51. The van der Waals surface area contributed by atoms with Crippen molar-refractivity contribution in [2.24, 2.45) is 5.92 Å². The highest BCUT2D eigenvalue weighted by molar-refractivity contribution is 5.73. The summed E-state index contributed by atoms with van der Waals surface area (Å²) in [5.74, 6) is -0.816. The molecule has 0 bridgehead atoms. The smallest absolute Gasteiger partial charge is 0.320 e. The van der Waals surface area contributed by atoms with Crippen LogP contribution in [0.1, 0.15) is 25.8 Å². The van der Waals surface area contributed by atoms with Crippen molar-refractivity contribution in [3.8, 4) is 0 Å². The first-order chi connectivity index (χ1) is 7.99. The lowest BCUT2D eigenvalue weighted by molar-refractivity contribution is -0.140. The molecule has 1 atom stereocenters. The molecule has 0 amide bonds. The number of hydrogen-bond donors (Lipinski definition) is 2. The van der Waals surface area contributed by atoms with E-state index < -0.39 is 12.0 Å². The zero-order valence-electron chi connectivity index (χ0n) is 10.1. The van der Waals surface area contributed by atoms with E-state index in [0.717, 1.165) is 5.56 Å². The maximum atomic E-state index is 12.7. The average molecular weight is 239 g/mol. The van der Waals surface area contributed by atoms with Gasteiger partial charge in [0, 0.05) is 6.54 Å². The predicted octanol–water partition coefficient (Wildman–Crippen LogP) is 2.41. The van der Waals surface area contributed by atoms with Gasteiger partial charge in [-0.15, -0.1) is 0 Å². The maximum Gasteiger partial charge on any atom is 0.320 e. The number of hydrogen-bond acceptors (Lipinski definition) is 2. The molecule has 0 spiro atoms. The molecule has 1 aromatic rings. The number of halogens is 1. The fourth-order valence-corrected chi connectivity index (χ4v) is 1.59. The van der Waals surface area contributed by atoms with Gasteiger partial charge in [0.15, 0.2) is 0 Å². The van der Waals surface area contributed by atoms with Crippen LogP contribution in [-0.4, -0.2) is 17.1 Å². The van der Waals surface area contributed by atoms with Crippen LogP contribution < -0.4 is 5.32 Å². The van der Waals surface area contributed by atoms with E-state index in [1.165, 1.54) is 12.1 Å². The Morgan fingerprint density at radius 3 is 2.41 bits per heavy atom. The minimum atomic E-state index is -0.846. The summed E-state index contributed by atoms with van der Waals surface area (Å²) in [5, 5.41) is 12.0. The number of nitrogens with one attached hydrogen (secondary N) is 1. The van der Waals surface area contributed by atoms with E-state index in [1.807, 2.05) is 13.8 Å². The molecule has 1 rings (SSSR count). The molecular weight excluding hydrogens is 221 g/mol. The lowest BCUT2D eigenvalue weighted by atomic mass is 10.0. The van der Waals surface area contributed by atoms with Gasteiger partial charge in [0.25, 0.3) is 0 Å². The molecule has 17 heavy (non-hydrogen) atoms. The van der Waals surface area contributed by atoms with Crippen molar-refractivity contribution in [2.45, 2.75) is 32.9 Å². The molecule has 1 unspecified atom stereocenters. The Morgan fingerprint density at radius 1 is 1.35 bits per heavy atom. The second-order valence-corrected chi connectivity index (χ2v) is 4.53. The summed E-state index contributed by atoms with van der Waals surface area (Å²) in [7, 11) is 0. The summed E-state index contributed by atoms with van der Waals surface area (Å²) in [4.78, 5) is 11.0. The molecular formula is C13H18FNO2. The first-order valence-electron chi connectivity index (χ1n) is 5.69. The predicted molar refractivity (Wildman–Crippen MR) is 64.1 cm³/mol. The van der Waals surface area contributed by atoms with Gasteiger partial charge in [-0.3, -0.25) is 4.79 Å². The van der Waals surface area contributed by atoms with E-state index in [-0.39, 0.29) is 5.82 Å². The Morgan fingerprint density at radius 2 is 1.94 bits per heavy atom. The second-order valence-electron chi connectivity index (χ2n) is 4.53. The van der Waals surface area contributed by atoms with Crippen LogP contribution in [0, 0.1) is 11.7 Å². The molecule has 3 nitrogen and oxygen atoms in total. The second kappa shape index (κ2) is 6.35. The van der Waals surface area contributed by atoms with Gasteiger partial charge >= 0.3 is 5.97 Å². The van der Waals surface area contributed by atoms with Gasteiger partial charge < -0.3 is 10.4 Å². The molecule has 0 saturated heterocycles. The first-order valence-corrected chi connectivity index (χ1v) is 5.69. The highest BCUT2D eigenvalue weighted by Gasteiger charge is 2.17. The van der Waals surface area contributed by atoms with Gasteiger partial charge in [-0.25, -0.2) is 4.39 Å². The lowest BCUT2D eigenvalue weighted by Crippen LogP contribution is -2.37. The molecule has 0 aliphatic heterocycles. The van der Waals surface area contributed by atoms with Crippen LogP contribution in [0.2, 0.25) is 0 Å². The standard InChI is InChI=1S/C13H18FNO2/c1-9(2)7-12(13(16)17)15-8-10-3-5-11(14)6-4-10/h3-6,9,12,15H,7-8H2,1-2H3,(H,16,17). The zero-order valence-corrected chi connectivity index (χ0v) is 10.1. The summed E-state index contributed by atoms with van der Waals surface area (Å²) in [5.41, 5.74) is 0.876. The molecule has 0 aliphatic carbocycles. The summed E-state index contributed by atoms with van der Waals surface area (Å²) in [6.45, 7) is 4.40. The summed E-state index contributed by atoms with van der Waals surface area (Å²) in [6, 6.07) is 5.48. The van der Waals surface area contributed by atoms with Crippen molar-refractivity contribution in [3.05, 3.63) is 35.6 Å². The van der Waals surface area contributed by atoms with Gasteiger partial charge in [0.05, 0.1) is 0 Å². The van der Waals surface area contributed by atoms with E-state index in [0.29, 0.717) is 18.9 Å². The van der Waals surface area contributed by atoms with Gasteiger partial charge in [-0.05, 0) is 30.0 Å². The molecule has 0 aromatic heterocycles. The third-order valence-corrected chi connectivity index (χ3v) is 2.47. The molecule has 0 saturated carbocycles. The van der Waals surface area contributed by atoms with E-state index in [9.17, 15) is 9.18 Å². The van der Waals surface area contributed by atoms with Crippen molar-refractivity contribution in [2.75, 3.05) is 0 Å². The fourth-order valence-electron chi connectivity index (χ4n) is 1.59. The number of carboxylic acid groups (broad SMARTS) is 1. The highest BCUT2D eigenvalue weighted by Crippen LogP contribution is 2.07. The minimum Gasteiger partial charge on any atom is -0.480 e. The number of benzene rings is 1. The SMILES string of the molecule is CC(C)CC(NCc1ccc(F)cc1)C(=O)O.